The maximum Gasteiger partial charge on any atom is 0.219 e. The maximum atomic E-state index is 12.1. The van der Waals surface area contributed by atoms with Gasteiger partial charge in [-0.25, -0.2) is 13.1 Å². The van der Waals surface area contributed by atoms with E-state index in [2.05, 4.69) is 10.0 Å². The molecular formula is C10H20N2O3S. The van der Waals surface area contributed by atoms with Gasteiger partial charge in [-0.2, -0.15) is 0 Å². The highest BCUT2D eigenvalue weighted by atomic mass is 32.2. The number of carbonyl (C=O) groups is 1. The van der Waals surface area contributed by atoms with Gasteiger partial charge in [-0.3, -0.25) is 4.79 Å². The second kappa shape index (κ2) is 4.00. The lowest BCUT2D eigenvalue weighted by Crippen LogP contribution is -2.50. The van der Waals surface area contributed by atoms with Crippen LogP contribution < -0.4 is 10.0 Å². The minimum absolute atomic E-state index is 0.197. The largest absolute Gasteiger partial charge is 0.355 e. The molecule has 0 aliphatic heterocycles. The van der Waals surface area contributed by atoms with E-state index in [1.165, 1.54) is 6.92 Å². The second-order valence-electron chi connectivity index (χ2n) is 5.45. The van der Waals surface area contributed by atoms with Crippen molar-refractivity contribution in [1.82, 2.24) is 10.0 Å². The third-order valence-corrected chi connectivity index (χ3v) is 5.05. The van der Waals surface area contributed by atoms with Crippen molar-refractivity contribution in [1.29, 1.82) is 0 Å². The first-order valence-electron chi connectivity index (χ1n) is 5.36. The smallest absolute Gasteiger partial charge is 0.219 e. The summed E-state index contributed by atoms with van der Waals surface area (Å²) in [6.07, 6.45) is 1.22. The Kier molecular flexibility index (Phi) is 3.36. The Morgan fingerprint density at radius 3 is 2.12 bits per heavy atom. The fraction of sp³-hybridized carbons (Fsp3) is 0.900. The molecule has 1 amide bonds. The monoisotopic (exact) mass is 248 g/mol. The summed E-state index contributed by atoms with van der Waals surface area (Å²) < 4.78 is 26.0. The summed E-state index contributed by atoms with van der Waals surface area (Å²) in [5.41, 5.74) is -0.482. The van der Waals surface area contributed by atoms with Crippen molar-refractivity contribution in [3.8, 4) is 0 Å². The van der Waals surface area contributed by atoms with E-state index in [0.29, 0.717) is 12.8 Å². The minimum Gasteiger partial charge on any atom is -0.355 e. The second-order valence-corrected chi connectivity index (χ2v) is 7.53. The highest BCUT2D eigenvalue weighted by Gasteiger charge is 2.55. The first kappa shape index (κ1) is 13.4. The zero-order chi connectivity index (χ0) is 12.6. The summed E-state index contributed by atoms with van der Waals surface area (Å²) in [7, 11) is -3.37. The Bertz CT molecular complexity index is 377. The molecule has 0 saturated heterocycles. The Balaban J connectivity index is 2.72. The zero-order valence-corrected chi connectivity index (χ0v) is 11.1. The molecule has 0 radical (unpaired) electrons. The summed E-state index contributed by atoms with van der Waals surface area (Å²) in [5, 5.41) is 2.58. The van der Waals surface area contributed by atoms with Crippen LogP contribution in [-0.2, 0) is 14.8 Å². The molecule has 0 aromatic heterocycles. The van der Waals surface area contributed by atoms with E-state index in [4.69, 9.17) is 0 Å². The van der Waals surface area contributed by atoms with Crippen molar-refractivity contribution in [3.05, 3.63) is 0 Å². The highest BCUT2D eigenvalue weighted by Crippen LogP contribution is 2.42. The zero-order valence-electron chi connectivity index (χ0n) is 10.3. The highest BCUT2D eigenvalue weighted by molar-refractivity contribution is 7.91. The van der Waals surface area contributed by atoms with E-state index in [9.17, 15) is 13.2 Å². The summed E-state index contributed by atoms with van der Waals surface area (Å²) >= 11 is 0. The third-order valence-electron chi connectivity index (χ3n) is 2.48. The standard InChI is InChI=1S/C10H20N2O3S/c1-8(13)11-7-10(5-6-10)16(14,15)12-9(2,3)4/h12H,5-7H2,1-4H3,(H,11,13). The van der Waals surface area contributed by atoms with Gasteiger partial charge in [0, 0.05) is 19.0 Å². The van der Waals surface area contributed by atoms with Crippen LogP contribution in [-0.4, -0.2) is 31.2 Å². The molecule has 16 heavy (non-hydrogen) atoms. The lowest BCUT2D eigenvalue weighted by atomic mass is 10.1. The number of sulfonamides is 1. The van der Waals surface area contributed by atoms with Crippen LogP contribution in [0.4, 0.5) is 0 Å². The van der Waals surface area contributed by atoms with E-state index in [0.717, 1.165) is 0 Å². The molecule has 0 aromatic rings. The molecule has 0 bridgehead atoms. The molecule has 1 rings (SSSR count). The van der Waals surface area contributed by atoms with Crippen molar-refractivity contribution in [2.75, 3.05) is 6.54 Å². The van der Waals surface area contributed by atoms with Gasteiger partial charge in [-0.1, -0.05) is 0 Å². The van der Waals surface area contributed by atoms with E-state index in [1.54, 1.807) is 20.8 Å². The number of hydrogen-bond donors (Lipinski definition) is 2. The maximum absolute atomic E-state index is 12.1. The lowest BCUT2D eigenvalue weighted by Gasteiger charge is -2.25. The van der Waals surface area contributed by atoms with Crippen molar-refractivity contribution in [2.45, 2.75) is 50.8 Å². The molecule has 1 aliphatic rings. The lowest BCUT2D eigenvalue weighted by molar-refractivity contribution is -0.118. The van der Waals surface area contributed by atoms with Gasteiger partial charge in [0.1, 0.15) is 4.75 Å². The van der Waals surface area contributed by atoms with E-state index < -0.39 is 20.3 Å². The normalized spacial score (nSPS) is 19.2. The molecule has 2 N–H and O–H groups in total. The van der Waals surface area contributed by atoms with Crippen LogP contribution in [0.15, 0.2) is 0 Å². The average Bonchev–Trinajstić information content (AvgIpc) is 2.76. The van der Waals surface area contributed by atoms with Crippen LogP contribution in [0.25, 0.3) is 0 Å². The van der Waals surface area contributed by atoms with Crippen LogP contribution in [0.2, 0.25) is 0 Å². The molecule has 1 fully saturated rings. The van der Waals surface area contributed by atoms with Gasteiger partial charge < -0.3 is 5.32 Å². The van der Waals surface area contributed by atoms with Gasteiger partial charge >= 0.3 is 0 Å². The van der Waals surface area contributed by atoms with Crippen LogP contribution in [0.3, 0.4) is 0 Å². The van der Waals surface area contributed by atoms with Gasteiger partial charge in [0.25, 0.3) is 0 Å². The minimum atomic E-state index is -3.37. The first-order chi connectivity index (χ1) is 7.08. The van der Waals surface area contributed by atoms with Gasteiger partial charge in [-0.05, 0) is 33.6 Å². The molecule has 5 nitrogen and oxygen atoms in total. The Labute approximate surface area is 97.0 Å². The summed E-state index contributed by atoms with van der Waals surface area (Å²) in [6, 6.07) is 0. The predicted molar refractivity (Wildman–Crippen MR) is 62.5 cm³/mol. The molecule has 1 aliphatic carbocycles. The molecule has 0 spiro atoms. The molecule has 0 heterocycles. The van der Waals surface area contributed by atoms with Crippen LogP contribution in [0, 0.1) is 0 Å². The molecule has 0 unspecified atom stereocenters. The third kappa shape index (κ3) is 3.18. The summed E-state index contributed by atoms with van der Waals surface area (Å²) in [5.74, 6) is -0.197. The molecule has 94 valence electrons. The summed E-state index contributed by atoms with van der Waals surface area (Å²) in [4.78, 5) is 10.8. The van der Waals surface area contributed by atoms with E-state index >= 15 is 0 Å². The molecule has 0 atom stereocenters. The van der Waals surface area contributed by atoms with Gasteiger partial charge in [0.15, 0.2) is 0 Å². The SMILES string of the molecule is CC(=O)NCC1(S(=O)(=O)NC(C)(C)C)CC1. The van der Waals surface area contributed by atoms with Gasteiger partial charge in [-0.15, -0.1) is 0 Å². The Hall–Kier alpha value is -0.620. The number of nitrogens with one attached hydrogen (secondary N) is 2. The van der Waals surface area contributed by atoms with E-state index in [1.807, 2.05) is 0 Å². The van der Waals surface area contributed by atoms with E-state index in [-0.39, 0.29) is 12.5 Å². The van der Waals surface area contributed by atoms with Crippen LogP contribution >= 0.6 is 0 Å². The summed E-state index contributed by atoms with van der Waals surface area (Å²) in [6.45, 7) is 7.00. The molecule has 1 saturated carbocycles. The van der Waals surface area contributed by atoms with Crippen LogP contribution in [0.1, 0.15) is 40.5 Å². The number of amides is 1. The Morgan fingerprint density at radius 2 is 1.81 bits per heavy atom. The first-order valence-corrected chi connectivity index (χ1v) is 6.84. The predicted octanol–water partition coefficient (Wildman–Crippen LogP) is 0.373. The number of rotatable bonds is 4. The van der Waals surface area contributed by atoms with Gasteiger partial charge in [0.05, 0.1) is 0 Å². The Morgan fingerprint density at radius 1 is 1.31 bits per heavy atom. The van der Waals surface area contributed by atoms with Crippen molar-refractivity contribution in [3.63, 3.8) is 0 Å². The fourth-order valence-electron chi connectivity index (χ4n) is 1.48. The van der Waals surface area contributed by atoms with Crippen molar-refractivity contribution < 1.29 is 13.2 Å². The average molecular weight is 248 g/mol. The van der Waals surface area contributed by atoms with Crippen molar-refractivity contribution >= 4 is 15.9 Å². The van der Waals surface area contributed by atoms with Gasteiger partial charge in [0.2, 0.25) is 15.9 Å². The van der Waals surface area contributed by atoms with Crippen molar-refractivity contribution in [2.24, 2.45) is 0 Å². The molecular weight excluding hydrogens is 228 g/mol. The topological polar surface area (TPSA) is 75.3 Å². The molecule has 6 heteroatoms. The molecule has 0 aromatic carbocycles. The van der Waals surface area contributed by atoms with Crippen LogP contribution in [0.5, 0.6) is 0 Å². The quantitative estimate of drug-likeness (QED) is 0.755. The number of carbonyl (C=O) groups excluding carboxylic acids is 1. The fourth-order valence-corrected chi connectivity index (χ4v) is 3.40. The number of hydrogen-bond acceptors (Lipinski definition) is 3.